The topological polar surface area (TPSA) is 59.1 Å². The van der Waals surface area contributed by atoms with Crippen LogP contribution in [-0.4, -0.2) is 29.1 Å². The van der Waals surface area contributed by atoms with E-state index < -0.39 is 0 Å². The maximum absolute atomic E-state index is 11.2. The number of carbonyl (C=O) groups is 1. The summed E-state index contributed by atoms with van der Waals surface area (Å²) in [6.45, 7) is 8.21. The van der Waals surface area contributed by atoms with E-state index in [0.717, 1.165) is 31.3 Å². The van der Waals surface area contributed by atoms with Crippen LogP contribution in [0.3, 0.4) is 0 Å². The molecule has 2 rings (SSSR count). The van der Waals surface area contributed by atoms with Crippen molar-refractivity contribution in [3.63, 3.8) is 0 Å². The lowest BCUT2D eigenvalue weighted by Crippen LogP contribution is -2.10. The van der Waals surface area contributed by atoms with Crippen molar-refractivity contribution < 1.29 is 19.4 Å². The van der Waals surface area contributed by atoms with Crippen LogP contribution in [0, 0.1) is 0 Å². The molecular formula is C20H30O4. The average Bonchev–Trinajstić information content (AvgIpc) is 2.99. The van der Waals surface area contributed by atoms with Crippen molar-refractivity contribution in [2.24, 2.45) is 0 Å². The zero-order valence-corrected chi connectivity index (χ0v) is 15.3. The third-order valence-corrected chi connectivity index (χ3v) is 4.54. The summed E-state index contributed by atoms with van der Waals surface area (Å²) in [4.78, 5) is 11.2. The van der Waals surface area contributed by atoms with Gasteiger partial charge in [0.25, 0.3) is 0 Å². The number of rotatable bonds is 9. The number of carbonyl (C=O) groups excluding carboxylic acids is 1. The summed E-state index contributed by atoms with van der Waals surface area (Å²) in [6, 6.07) is 0. The Balaban J connectivity index is 1.65. The van der Waals surface area contributed by atoms with Crippen LogP contribution in [0.4, 0.5) is 0 Å². The minimum atomic E-state index is -0.384. The maximum Gasteiger partial charge on any atom is 0.311 e. The van der Waals surface area contributed by atoms with Gasteiger partial charge >= 0.3 is 5.97 Å². The SMILES string of the molecule is CC(C)=C[C@@H](O)C/C(C)=C/CC/C(C)=C/CC[C@]12CC(=O)O[C@H]1O2. The van der Waals surface area contributed by atoms with Crippen LogP contribution >= 0.6 is 0 Å². The summed E-state index contributed by atoms with van der Waals surface area (Å²) >= 11 is 0. The number of allylic oxidation sites excluding steroid dienone is 4. The van der Waals surface area contributed by atoms with Crippen LogP contribution in [0.1, 0.15) is 66.2 Å². The van der Waals surface area contributed by atoms with Crippen LogP contribution in [0.5, 0.6) is 0 Å². The van der Waals surface area contributed by atoms with Gasteiger partial charge in [-0.3, -0.25) is 4.79 Å². The molecular weight excluding hydrogens is 304 g/mol. The summed E-state index contributed by atoms with van der Waals surface area (Å²) in [5, 5.41) is 9.89. The Bertz CT molecular complexity index is 554. The number of aliphatic hydroxyl groups excluding tert-OH is 1. The molecule has 0 saturated carbocycles. The molecule has 0 spiro atoms. The largest absolute Gasteiger partial charge is 0.432 e. The van der Waals surface area contributed by atoms with Gasteiger partial charge in [-0.2, -0.15) is 0 Å². The summed E-state index contributed by atoms with van der Waals surface area (Å²) in [6.07, 6.45) is 10.5. The molecule has 2 fully saturated rings. The molecule has 0 bridgehead atoms. The zero-order valence-electron chi connectivity index (χ0n) is 15.3. The molecule has 0 unspecified atom stereocenters. The van der Waals surface area contributed by atoms with Crippen molar-refractivity contribution in [3.05, 3.63) is 34.9 Å². The fourth-order valence-electron chi connectivity index (χ4n) is 3.17. The Kier molecular flexibility index (Phi) is 6.41. The molecule has 4 heteroatoms. The Morgan fingerprint density at radius 2 is 1.96 bits per heavy atom. The monoisotopic (exact) mass is 334 g/mol. The number of esters is 1. The van der Waals surface area contributed by atoms with E-state index in [1.54, 1.807) is 0 Å². The van der Waals surface area contributed by atoms with Gasteiger partial charge in [0.15, 0.2) is 0 Å². The normalized spacial score (nSPS) is 27.5. The van der Waals surface area contributed by atoms with Crippen molar-refractivity contribution in [3.8, 4) is 0 Å². The molecule has 2 aliphatic heterocycles. The molecule has 0 radical (unpaired) electrons. The van der Waals surface area contributed by atoms with Crippen molar-refractivity contribution >= 4 is 5.97 Å². The van der Waals surface area contributed by atoms with Gasteiger partial charge in [0, 0.05) is 0 Å². The van der Waals surface area contributed by atoms with Crippen LogP contribution in [0.2, 0.25) is 0 Å². The van der Waals surface area contributed by atoms with E-state index in [1.807, 2.05) is 19.9 Å². The van der Waals surface area contributed by atoms with E-state index in [2.05, 4.69) is 26.0 Å². The smallest absolute Gasteiger partial charge is 0.311 e. The van der Waals surface area contributed by atoms with Gasteiger partial charge in [-0.15, -0.1) is 0 Å². The predicted octanol–water partition coefficient (Wildman–Crippen LogP) is 4.20. The minimum absolute atomic E-state index is 0.136. The second-order valence-electron chi connectivity index (χ2n) is 7.37. The molecule has 0 aromatic rings. The summed E-state index contributed by atoms with van der Waals surface area (Å²) < 4.78 is 10.5. The van der Waals surface area contributed by atoms with E-state index in [4.69, 9.17) is 9.47 Å². The highest BCUT2D eigenvalue weighted by Crippen LogP contribution is 2.49. The fraction of sp³-hybridized carbons (Fsp3) is 0.650. The second-order valence-corrected chi connectivity index (χ2v) is 7.37. The second kappa shape index (κ2) is 8.13. The number of hydrogen-bond donors (Lipinski definition) is 1. The molecule has 134 valence electrons. The van der Waals surface area contributed by atoms with E-state index in [0.29, 0.717) is 12.8 Å². The molecule has 2 aliphatic rings. The van der Waals surface area contributed by atoms with Crippen LogP contribution in [0.25, 0.3) is 0 Å². The van der Waals surface area contributed by atoms with Crippen LogP contribution in [-0.2, 0) is 14.3 Å². The quantitative estimate of drug-likeness (QED) is 0.390. The lowest BCUT2D eigenvalue weighted by Gasteiger charge is -2.07. The van der Waals surface area contributed by atoms with E-state index in [1.165, 1.54) is 11.1 Å². The number of ether oxygens (including phenoxy) is 2. The Hall–Kier alpha value is -1.39. The molecule has 24 heavy (non-hydrogen) atoms. The summed E-state index contributed by atoms with van der Waals surface area (Å²) in [7, 11) is 0. The highest BCUT2D eigenvalue weighted by molar-refractivity contribution is 5.74. The summed E-state index contributed by atoms with van der Waals surface area (Å²) in [5.41, 5.74) is 3.40. The standard InChI is InChI=1S/C20H30O4/c1-14(2)11-17(21)12-16(4)8-5-7-15(3)9-6-10-20-13-18(22)23-19(20)24-20/h8-9,11,17,19,21H,5-7,10,12-13H2,1-4H3/b15-9+,16-8+/t17-,19+,20+/m1/s1. The van der Waals surface area contributed by atoms with Gasteiger partial charge < -0.3 is 14.6 Å². The highest BCUT2D eigenvalue weighted by atomic mass is 16.8. The van der Waals surface area contributed by atoms with E-state index in [9.17, 15) is 9.90 Å². The number of epoxide rings is 1. The van der Waals surface area contributed by atoms with E-state index >= 15 is 0 Å². The van der Waals surface area contributed by atoms with Gasteiger partial charge in [0.1, 0.15) is 5.60 Å². The van der Waals surface area contributed by atoms with Crippen molar-refractivity contribution in [1.82, 2.24) is 0 Å². The molecule has 1 N–H and O–H groups in total. The first-order valence-corrected chi connectivity index (χ1v) is 8.82. The molecule has 2 heterocycles. The first kappa shape index (κ1) is 18.9. The molecule has 2 saturated heterocycles. The zero-order chi connectivity index (χ0) is 17.7. The lowest BCUT2D eigenvalue weighted by molar-refractivity contribution is -0.147. The third kappa shape index (κ3) is 5.60. The van der Waals surface area contributed by atoms with Crippen molar-refractivity contribution in [2.75, 3.05) is 0 Å². The van der Waals surface area contributed by atoms with Crippen molar-refractivity contribution in [2.45, 2.75) is 84.2 Å². The highest BCUT2D eigenvalue weighted by Gasteiger charge is 2.65. The Morgan fingerprint density at radius 1 is 1.25 bits per heavy atom. The molecule has 0 aromatic carbocycles. The first-order valence-electron chi connectivity index (χ1n) is 8.82. The first-order chi connectivity index (χ1) is 11.3. The van der Waals surface area contributed by atoms with Crippen molar-refractivity contribution in [1.29, 1.82) is 0 Å². The van der Waals surface area contributed by atoms with Crippen LogP contribution < -0.4 is 0 Å². The maximum atomic E-state index is 11.2. The molecule has 0 aliphatic carbocycles. The Labute approximate surface area is 145 Å². The van der Waals surface area contributed by atoms with E-state index in [-0.39, 0.29) is 24.0 Å². The number of hydrogen-bond acceptors (Lipinski definition) is 4. The van der Waals surface area contributed by atoms with Gasteiger partial charge in [0.05, 0.1) is 12.5 Å². The minimum Gasteiger partial charge on any atom is -0.432 e. The lowest BCUT2D eigenvalue weighted by atomic mass is 9.99. The molecule has 3 atom stereocenters. The number of aliphatic hydroxyl groups is 1. The van der Waals surface area contributed by atoms with Crippen LogP contribution in [0.15, 0.2) is 34.9 Å². The summed E-state index contributed by atoms with van der Waals surface area (Å²) in [5.74, 6) is -0.136. The van der Waals surface area contributed by atoms with Gasteiger partial charge in [0.2, 0.25) is 6.29 Å². The van der Waals surface area contributed by atoms with Gasteiger partial charge in [-0.25, -0.2) is 0 Å². The Morgan fingerprint density at radius 3 is 2.58 bits per heavy atom. The van der Waals surface area contributed by atoms with Gasteiger partial charge in [-0.1, -0.05) is 34.9 Å². The molecule has 0 aromatic heterocycles. The number of fused-ring (bicyclic) bond motifs is 1. The predicted molar refractivity (Wildman–Crippen MR) is 94.3 cm³/mol. The average molecular weight is 334 g/mol. The molecule has 0 amide bonds. The fourth-order valence-corrected chi connectivity index (χ4v) is 3.17. The van der Waals surface area contributed by atoms with Gasteiger partial charge in [-0.05, 0) is 59.8 Å². The third-order valence-electron chi connectivity index (χ3n) is 4.54. The molecule has 4 nitrogen and oxygen atoms in total.